The Morgan fingerprint density at radius 2 is 2.50 bits per heavy atom. The topological polar surface area (TPSA) is 28.7 Å². The van der Waals surface area contributed by atoms with Gasteiger partial charge in [0.25, 0.3) is 0 Å². The lowest BCUT2D eigenvalue weighted by atomic mass is 10.2. The highest BCUT2D eigenvalue weighted by atomic mass is 35.5. The summed E-state index contributed by atoms with van der Waals surface area (Å²) in [7, 11) is 0. The van der Waals surface area contributed by atoms with Crippen LogP contribution in [0.15, 0.2) is 6.07 Å². The van der Waals surface area contributed by atoms with Crippen molar-refractivity contribution in [3.8, 4) is 0 Å². The molecule has 0 aliphatic carbocycles. The Morgan fingerprint density at radius 3 is 2.90 bits per heavy atom. The predicted molar refractivity (Wildman–Crippen MR) is 42.5 cm³/mol. The summed E-state index contributed by atoms with van der Waals surface area (Å²) in [5, 5.41) is 7.02. The molecular formula is C6H8Cl2N2. The zero-order chi connectivity index (χ0) is 7.56. The molecule has 0 spiro atoms. The standard InChI is InChI=1S/C6H8Cl2N2/c1-2-4(7)5-3-6(8)10-9-5/h3-4H,2H2,1H3,(H,9,10). The molecular weight excluding hydrogens is 171 g/mol. The molecule has 10 heavy (non-hydrogen) atoms. The zero-order valence-electron chi connectivity index (χ0n) is 5.56. The molecule has 1 atom stereocenters. The van der Waals surface area contributed by atoms with E-state index in [9.17, 15) is 0 Å². The molecule has 56 valence electrons. The molecule has 0 aliphatic heterocycles. The third kappa shape index (κ3) is 1.64. The molecule has 0 saturated heterocycles. The number of rotatable bonds is 2. The van der Waals surface area contributed by atoms with Gasteiger partial charge in [0.1, 0.15) is 5.15 Å². The van der Waals surface area contributed by atoms with E-state index in [0.717, 1.165) is 12.1 Å². The second-order valence-electron chi connectivity index (χ2n) is 2.02. The molecule has 1 aromatic rings. The van der Waals surface area contributed by atoms with Crippen molar-refractivity contribution in [1.82, 2.24) is 10.2 Å². The number of nitrogens with one attached hydrogen (secondary N) is 1. The average Bonchev–Trinajstić information content (AvgIpc) is 2.34. The molecule has 4 heteroatoms. The first kappa shape index (κ1) is 7.89. The maximum absolute atomic E-state index is 5.86. The zero-order valence-corrected chi connectivity index (χ0v) is 7.08. The van der Waals surface area contributed by atoms with Crippen LogP contribution >= 0.6 is 23.2 Å². The number of hydrogen-bond donors (Lipinski definition) is 1. The number of H-pyrrole nitrogens is 1. The van der Waals surface area contributed by atoms with Gasteiger partial charge in [-0.1, -0.05) is 18.5 Å². The van der Waals surface area contributed by atoms with Gasteiger partial charge in [0, 0.05) is 0 Å². The van der Waals surface area contributed by atoms with Crippen molar-refractivity contribution in [3.05, 3.63) is 16.9 Å². The van der Waals surface area contributed by atoms with Crippen LogP contribution in [0.1, 0.15) is 24.4 Å². The van der Waals surface area contributed by atoms with Gasteiger partial charge in [0.2, 0.25) is 0 Å². The Morgan fingerprint density at radius 1 is 1.80 bits per heavy atom. The van der Waals surface area contributed by atoms with E-state index in [1.54, 1.807) is 6.07 Å². The number of aromatic amines is 1. The summed E-state index contributed by atoms with van der Waals surface area (Å²) in [4.78, 5) is 0. The lowest BCUT2D eigenvalue weighted by Crippen LogP contribution is -1.86. The van der Waals surface area contributed by atoms with Gasteiger partial charge in [-0.15, -0.1) is 11.6 Å². The van der Waals surface area contributed by atoms with Crippen molar-refractivity contribution >= 4 is 23.2 Å². The van der Waals surface area contributed by atoms with Crippen molar-refractivity contribution < 1.29 is 0 Å². The lowest BCUT2D eigenvalue weighted by molar-refractivity contribution is 0.835. The van der Waals surface area contributed by atoms with Gasteiger partial charge in [-0.3, -0.25) is 5.10 Å². The van der Waals surface area contributed by atoms with Crippen LogP contribution in [0, 0.1) is 0 Å². The van der Waals surface area contributed by atoms with E-state index < -0.39 is 0 Å². The van der Waals surface area contributed by atoms with Crippen molar-refractivity contribution in [2.24, 2.45) is 0 Å². The Balaban J connectivity index is 2.74. The Kier molecular flexibility index (Phi) is 2.57. The van der Waals surface area contributed by atoms with Gasteiger partial charge in [-0.2, -0.15) is 5.10 Å². The van der Waals surface area contributed by atoms with Crippen molar-refractivity contribution in [3.63, 3.8) is 0 Å². The van der Waals surface area contributed by atoms with E-state index in [1.807, 2.05) is 6.92 Å². The van der Waals surface area contributed by atoms with E-state index in [-0.39, 0.29) is 5.38 Å². The number of hydrogen-bond acceptors (Lipinski definition) is 1. The SMILES string of the molecule is CCC(Cl)c1cc(Cl)[nH]n1. The van der Waals surface area contributed by atoms with Crippen molar-refractivity contribution in [2.45, 2.75) is 18.7 Å². The Hall–Kier alpha value is -0.210. The minimum absolute atomic E-state index is 0.0243. The predicted octanol–water partition coefficient (Wildman–Crippen LogP) is 2.75. The van der Waals surface area contributed by atoms with Crippen LogP contribution in [-0.4, -0.2) is 10.2 Å². The minimum Gasteiger partial charge on any atom is -0.267 e. The first-order chi connectivity index (χ1) is 4.74. The first-order valence-electron chi connectivity index (χ1n) is 3.09. The van der Waals surface area contributed by atoms with Gasteiger partial charge < -0.3 is 0 Å². The van der Waals surface area contributed by atoms with Gasteiger partial charge >= 0.3 is 0 Å². The highest BCUT2D eigenvalue weighted by Crippen LogP contribution is 2.22. The molecule has 0 amide bonds. The van der Waals surface area contributed by atoms with Crippen LogP contribution in [0.4, 0.5) is 0 Å². The van der Waals surface area contributed by atoms with Gasteiger partial charge in [0.05, 0.1) is 11.1 Å². The van der Waals surface area contributed by atoms with Crippen molar-refractivity contribution in [2.75, 3.05) is 0 Å². The smallest absolute Gasteiger partial charge is 0.124 e. The summed E-state index contributed by atoms with van der Waals surface area (Å²) < 4.78 is 0. The monoisotopic (exact) mass is 178 g/mol. The fraction of sp³-hybridized carbons (Fsp3) is 0.500. The molecule has 1 unspecified atom stereocenters. The third-order valence-corrected chi connectivity index (χ3v) is 1.97. The van der Waals surface area contributed by atoms with Crippen LogP contribution in [0.5, 0.6) is 0 Å². The molecule has 1 rings (SSSR count). The van der Waals surface area contributed by atoms with E-state index in [0.29, 0.717) is 5.15 Å². The normalized spacial score (nSPS) is 13.5. The highest BCUT2D eigenvalue weighted by Gasteiger charge is 2.07. The maximum Gasteiger partial charge on any atom is 0.124 e. The van der Waals surface area contributed by atoms with Gasteiger partial charge in [0.15, 0.2) is 0 Å². The van der Waals surface area contributed by atoms with Crippen molar-refractivity contribution in [1.29, 1.82) is 0 Å². The molecule has 0 aromatic carbocycles. The Bertz CT molecular complexity index is 209. The summed E-state index contributed by atoms with van der Waals surface area (Å²) in [6.45, 7) is 2.00. The fourth-order valence-electron chi connectivity index (χ4n) is 0.682. The van der Waals surface area contributed by atoms with Crippen LogP contribution < -0.4 is 0 Å². The first-order valence-corrected chi connectivity index (χ1v) is 3.90. The lowest BCUT2D eigenvalue weighted by Gasteiger charge is -1.98. The van der Waals surface area contributed by atoms with Crippen LogP contribution in [0.2, 0.25) is 5.15 Å². The van der Waals surface area contributed by atoms with Crippen LogP contribution in [0.3, 0.4) is 0 Å². The summed E-state index contributed by atoms with van der Waals surface area (Å²) >= 11 is 11.4. The number of halogens is 2. The van der Waals surface area contributed by atoms with E-state index >= 15 is 0 Å². The molecule has 1 aromatic heterocycles. The average molecular weight is 179 g/mol. The molecule has 0 aliphatic rings. The Labute approximate surface area is 69.5 Å². The third-order valence-electron chi connectivity index (χ3n) is 1.25. The van der Waals surface area contributed by atoms with E-state index in [2.05, 4.69) is 10.2 Å². The van der Waals surface area contributed by atoms with Gasteiger partial charge in [-0.25, -0.2) is 0 Å². The summed E-state index contributed by atoms with van der Waals surface area (Å²) in [5.74, 6) is 0. The fourth-order valence-corrected chi connectivity index (χ4v) is 0.948. The van der Waals surface area contributed by atoms with E-state index in [1.165, 1.54) is 0 Å². The quantitative estimate of drug-likeness (QED) is 0.694. The minimum atomic E-state index is -0.0243. The molecule has 1 N–H and O–H groups in total. The molecule has 1 heterocycles. The second-order valence-corrected chi connectivity index (χ2v) is 2.95. The van der Waals surface area contributed by atoms with Crippen LogP contribution in [0.25, 0.3) is 0 Å². The molecule has 0 radical (unpaired) electrons. The largest absolute Gasteiger partial charge is 0.267 e. The summed E-state index contributed by atoms with van der Waals surface area (Å²) in [5.41, 5.74) is 0.814. The second kappa shape index (κ2) is 3.26. The van der Waals surface area contributed by atoms with Crippen LogP contribution in [-0.2, 0) is 0 Å². The summed E-state index contributed by atoms with van der Waals surface area (Å²) in [6, 6.07) is 1.74. The number of aromatic nitrogens is 2. The molecule has 0 saturated carbocycles. The molecule has 0 bridgehead atoms. The number of alkyl halides is 1. The molecule has 0 fully saturated rings. The number of nitrogens with zero attached hydrogens (tertiary/aromatic N) is 1. The van der Waals surface area contributed by atoms with E-state index in [4.69, 9.17) is 23.2 Å². The molecule has 2 nitrogen and oxygen atoms in total. The maximum atomic E-state index is 5.86. The summed E-state index contributed by atoms with van der Waals surface area (Å²) in [6.07, 6.45) is 0.864. The van der Waals surface area contributed by atoms with Gasteiger partial charge in [-0.05, 0) is 12.5 Å². The highest BCUT2D eigenvalue weighted by molar-refractivity contribution is 6.29.